The highest BCUT2D eigenvalue weighted by Gasteiger charge is 2.15. The van der Waals surface area contributed by atoms with Crippen molar-refractivity contribution in [3.63, 3.8) is 0 Å². The number of benzene rings is 2. The number of fused-ring (bicyclic) bond motifs is 1. The second kappa shape index (κ2) is 11.9. The first-order valence-corrected chi connectivity index (χ1v) is 12.8. The van der Waals surface area contributed by atoms with E-state index in [1.54, 1.807) is 25.7 Å². The lowest BCUT2D eigenvalue weighted by molar-refractivity contribution is -0.124. The van der Waals surface area contributed by atoms with Crippen molar-refractivity contribution in [3.8, 4) is 0 Å². The normalized spacial score (nSPS) is 12.3. The van der Waals surface area contributed by atoms with Gasteiger partial charge in [0.2, 0.25) is 10.0 Å². The van der Waals surface area contributed by atoms with E-state index in [4.69, 9.17) is 5.21 Å². The first-order valence-electron chi connectivity index (χ1n) is 11.2. The molecule has 3 aromatic rings. The smallest absolute Gasteiger partial charge is 0.267 e. The summed E-state index contributed by atoms with van der Waals surface area (Å²) < 4.78 is 25.6. The molecule has 0 aliphatic heterocycles. The zero-order valence-electron chi connectivity index (χ0n) is 19.6. The fourth-order valence-electron chi connectivity index (χ4n) is 3.74. The Labute approximate surface area is 200 Å². The maximum Gasteiger partial charge on any atom is 0.267 e. The van der Waals surface area contributed by atoms with Crippen LogP contribution in [0.2, 0.25) is 0 Å². The van der Waals surface area contributed by atoms with Crippen molar-refractivity contribution in [1.82, 2.24) is 19.7 Å². The number of para-hydroxylation sites is 1. The standard InChI is InChI=1S/C25H32N4O4S/c1-28(2)34(32,33)17-5-15-29(16-14-22-18-26-24-7-4-3-6-23(22)24)19-21-10-8-20(9-11-21)12-13-25(30)27-31/h3-4,6-13,18,26,31H,5,14-17,19H2,1-2H3,(H,27,30)/b13-12+. The van der Waals surface area contributed by atoms with Gasteiger partial charge in [0.1, 0.15) is 0 Å². The molecule has 1 amide bonds. The molecule has 9 heteroatoms. The number of H-pyrrole nitrogens is 1. The number of aromatic amines is 1. The van der Waals surface area contributed by atoms with Gasteiger partial charge in [-0.05, 0) is 48.2 Å². The number of aromatic nitrogens is 1. The highest BCUT2D eigenvalue weighted by atomic mass is 32.2. The predicted molar refractivity (Wildman–Crippen MR) is 135 cm³/mol. The van der Waals surface area contributed by atoms with E-state index < -0.39 is 15.9 Å². The van der Waals surface area contributed by atoms with E-state index in [1.807, 2.05) is 42.6 Å². The summed E-state index contributed by atoms with van der Waals surface area (Å²) in [6.07, 6.45) is 6.32. The number of carbonyl (C=O) groups is 1. The Balaban J connectivity index is 1.67. The van der Waals surface area contributed by atoms with Crippen molar-refractivity contribution in [3.05, 3.63) is 77.5 Å². The molecule has 1 heterocycles. The lowest BCUT2D eigenvalue weighted by Crippen LogP contribution is -2.30. The molecule has 0 fully saturated rings. The second-order valence-electron chi connectivity index (χ2n) is 8.39. The molecule has 182 valence electrons. The molecule has 0 aliphatic rings. The van der Waals surface area contributed by atoms with Gasteiger partial charge in [-0.2, -0.15) is 0 Å². The van der Waals surface area contributed by atoms with Crippen LogP contribution in [0.1, 0.15) is 23.1 Å². The summed E-state index contributed by atoms with van der Waals surface area (Å²) in [5.41, 5.74) is 5.85. The number of carbonyl (C=O) groups excluding carboxylic acids is 1. The lowest BCUT2D eigenvalue weighted by atomic mass is 10.1. The van der Waals surface area contributed by atoms with Crippen LogP contribution in [-0.2, 0) is 27.8 Å². The van der Waals surface area contributed by atoms with Crippen molar-refractivity contribution in [1.29, 1.82) is 0 Å². The maximum atomic E-state index is 12.2. The van der Waals surface area contributed by atoms with E-state index in [1.165, 1.54) is 21.3 Å². The van der Waals surface area contributed by atoms with Crippen molar-refractivity contribution in [2.75, 3.05) is 32.9 Å². The van der Waals surface area contributed by atoms with E-state index in [2.05, 4.69) is 22.0 Å². The molecule has 0 aliphatic carbocycles. The summed E-state index contributed by atoms with van der Waals surface area (Å²) in [7, 11) is -0.112. The van der Waals surface area contributed by atoms with Crippen LogP contribution in [0.15, 0.2) is 60.8 Å². The van der Waals surface area contributed by atoms with Gasteiger partial charge in [0, 0.05) is 50.4 Å². The average molecular weight is 485 g/mol. The highest BCUT2D eigenvalue weighted by Crippen LogP contribution is 2.19. The number of sulfonamides is 1. The van der Waals surface area contributed by atoms with E-state index in [-0.39, 0.29) is 5.75 Å². The molecule has 3 N–H and O–H groups in total. The SMILES string of the molecule is CN(C)S(=O)(=O)CCCN(CCc1c[nH]c2ccccc12)Cc1ccc(/C=C/C(=O)NO)cc1. The number of hydrogen-bond acceptors (Lipinski definition) is 5. The van der Waals surface area contributed by atoms with Crippen LogP contribution in [0.5, 0.6) is 0 Å². The Morgan fingerprint density at radius 3 is 2.53 bits per heavy atom. The third kappa shape index (κ3) is 7.26. The molecular weight excluding hydrogens is 452 g/mol. The molecule has 0 spiro atoms. The molecule has 34 heavy (non-hydrogen) atoms. The largest absolute Gasteiger partial charge is 0.361 e. The van der Waals surface area contributed by atoms with Crippen LogP contribution in [0.4, 0.5) is 0 Å². The minimum absolute atomic E-state index is 0.111. The van der Waals surface area contributed by atoms with Crippen molar-refractivity contribution in [2.45, 2.75) is 19.4 Å². The average Bonchev–Trinajstić information content (AvgIpc) is 3.24. The number of rotatable bonds is 12. The first kappa shape index (κ1) is 25.6. The fourth-order valence-corrected chi connectivity index (χ4v) is 4.60. The summed E-state index contributed by atoms with van der Waals surface area (Å²) in [6.45, 7) is 2.14. The quantitative estimate of drug-likeness (QED) is 0.208. The Bertz CT molecular complexity index is 1220. The van der Waals surface area contributed by atoms with E-state index in [9.17, 15) is 13.2 Å². The number of hydroxylamine groups is 1. The summed E-state index contributed by atoms with van der Waals surface area (Å²) in [5, 5.41) is 9.80. The summed E-state index contributed by atoms with van der Waals surface area (Å²) in [6, 6.07) is 16.0. The van der Waals surface area contributed by atoms with Gasteiger partial charge in [0.15, 0.2) is 0 Å². The van der Waals surface area contributed by atoms with Crippen LogP contribution in [-0.4, -0.2) is 66.7 Å². The summed E-state index contributed by atoms with van der Waals surface area (Å²) in [5.74, 6) is -0.472. The van der Waals surface area contributed by atoms with Gasteiger partial charge >= 0.3 is 0 Å². The number of hydrogen-bond donors (Lipinski definition) is 3. The van der Waals surface area contributed by atoms with Crippen LogP contribution in [0.25, 0.3) is 17.0 Å². The van der Waals surface area contributed by atoms with Crippen LogP contribution in [0.3, 0.4) is 0 Å². The third-order valence-corrected chi connectivity index (χ3v) is 7.65. The Hall–Kier alpha value is -2.98. The molecule has 0 bridgehead atoms. The van der Waals surface area contributed by atoms with Crippen LogP contribution in [0, 0.1) is 0 Å². The van der Waals surface area contributed by atoms with Gasteiger partial charge in [-0.1, -0.05) is 42.5 Å². The van der Waals surface area contributed by atoms with Crippen LogP contribution < -0.4 is 5.48 Å². The molecule has 0 saturated carbocycles. The van der Waals surface area contributed by atoms with Gasteiger partial charge in [-0.3, -0.25) is 14.9 Å². The minimum Gasteiger partial charge on any atom is -0.361 e. The fraction of sp³-hybridized carbons (Fsp3) is 0.320. The van der Waals surface area contributed by atoms with Gasteiger partial charge in [-0.15, -0.1) is 0 Å². The van der Waals surface area contributed by atoms with Gasteiger partial charge in [0.25, 0.3) is 5.91 Å². The maximum absolute atomic E-state index is 12.2. The van der Waals surface area contributed by atoms with Crippen LogP contribution >= 0.6 is 0 Å². The third-order valence-electron chi connectivity index (χ3n) is 5.73. The molecule has 0 saturated heterocycles. The second-order valence-corrected chi connectivity index (χ2v) is 10.7. The number of nitrogens with zero attached hydrogens (tertiary/aromatic N) is 2. The van der Waals surface area contributed by atoms with E-state index >= 15 is 0 Å². The lowest BCUT2D eigenvalue weighted by Gasteiger charge is -2.23. The van der Waals surface area contributed by atoms with Crippen molar-refractivity contribution < 1.29 is 18.4 Å². The number of amides is 1. The topological polar surface area (TPSA) is 106 Å². The van der Waals surface area contributed by atoms with Crippen molar-refractivity contribution >= 4 is 32.9 Å². The van der Waals surface area contributed by atoms with Crippen molar-refractivity contribution in [2.24, 2.45) is 0 Å². The van der Waals surface area contributed by atoms with E-state index in [0.717, 1.165) is 29.6 Å². The molecule has 0 unspecified atom stereocenters. The highest BCUT2D eigenvalue weighted by molar-refractivity contribution is 7.89. The summed E-state index contributed by atoms with van der Waals surface area (Å²) >= 11 is 0. The molecular formula is C25H32N4O4S. The van der Waals surface area contributed by atoms with Gasteiger partial charge in [0.05, 0.1) is 5.75 Å². The molecule has 2 aromatic carbocycles. The molecule has 0 radical (unpaired) electrons. The van der Waals surface area contributed by atoms with Gasteiger partial charge < -0.3 is 4.98 Å². The molecule has 8 nitrogen and oxygen atoms in total. The Morgan fingerprint density at radius 1 is 1.09 bits per heavy atom. The zero-order chi connectivity index (χ0) is 24.6. The monoisotopic (exact) mass is 484 g/mol. The van der Waals surface area contributed by atoms with Gasteiger partial charge in [-0.25, -0.2) is 18.2 Å². The minimum atomic E-state index is -3.23. The molecule has 0 atom stereocenters. The van der Waals surface area contributed by atoms with E-state index in [0.29, 0.717) is 19.5 Å². The Morgan fingerprint density at radius 2 is 1.82 bits per heavy atom. The molecule has 3 rings (SSSR count). The number of nitrogens with one attached hydrogen (secondary N) is 2. The first-order chi connectivity index (χ1) is 16.3. The zero-order valence-corrected chi connectivity index (χ0v) is 20.4. The predicted octanol–water partition coefficient (Wildman–Crippen LogP) is 3.01. The Kier molecular flexibility index (Phi) is 9.00. The summed E-state index contributed by atoms with van der Waals surface area (Å²) in [4.78, 5) is 16.7. The molecule has 1 aromatic heterocycles.